The van der Waals surface area contributed by atoms with E-state index in [-0.39, 0.29) is 13.8 Å². The van der Waals surface area contributed by atoms with E-state index in [9.17, 15) is 87.8 Å². The van der Waals surface area contributed by atoms with E-state index in [4.69, 9.17) is 0 Å². The van der Waals surface area contributed by atoms with Crippen molar-refractivity contribution in [2.75, 3.05) is 13.2 Å². The predicted octanol–water partition coefficient (Wildman–Crippen LogP) is 11.8. The molecule has 0 rings (SSSR count). The summed E-state index contributed by atoms with van der Waals surface area (Å²) in [6.07, 6.45) is -50.1. The Morgan fingerprint density at radius 1 is 0.309 bits per heavy atom. The molecule has 0 aliphatic rings. The number of hydrogen-bond donors (Lipinski definition) is 0. The van der Waals surface area contributed by atoms with E-state index in [0.717, 1.165) is 0 Å². The first-order valence-corrected chi connectivity index (χ1v) is 24.3. The number of alkyl halides is 28. The fourth-order valence-corrected chi connectivity index (χ4v) is 40.6. The number of halogens is 28. The summed E-state index contributed by atoms with van der Waals surface area (Å²) >= 11 is -24.1. The molecule has 0 saturated heterocycles. The maximum absolute atomic E-state index is 15.8. The molecule has 332 valence electrons. The van der Waals surface area contributed by atoms with Crippen LogP contribution in [0, 0.1) is 0 Å². The van der Waals surface area contributed by atoms with Crippen LogP contribution in [0.1, 0.15) is 52.4 Å². The van der Waals surface area contributed by atoms with Crippen molar-refractivity contribution in [3.8, 4) is 0 Å². The van der Waals surface area contributed by atoms with Gasteiger partial charge in [0.1, 0.15) is 0 Å². The summed E-state index contributed by atoms with van der Waals surface area (Å²) in [6.45, 7) is -4.79. The Kier molecular flexibility index (Phi) is 16.4. The van der Waals surface area contributed by atoms with Gasteiger partial charge in [-0.15, -0.1) is 0 Å². The molecule has 0 fully saturated rings. The molecule has 0 unspecified atom stereocenters. The van der Waals surface area contributed by atoms with Crippen LogP contribution in [-0.2, 0) is 7.56 Å². The van der Waals surface area contributed by atoms with Gasteiger partial charge in [0.15, 0.2) is 0 Å². The molecule has 0 radical (unpaired) electrons. The normalized spacial score (nSPS) is 16.3. The van der Waals surface area contributed by atoms with E-state index in [1.54, 1.807) is 0 Å². The van der Waals surface area contributed by atoms with E-state index < -0.39 is 154 Å². The zero-order valence-electron chi connectivity index (χ0n) is 26.5. The monoisotopic (exact) mass is 1110 g/mol. The predicted molar refractivity (Wildman–Crippen MR) is 127 cm³/mol. The Morgan fingerprint density at radius 3 is 0.600 bits per heavy atom. The third kappa shape index (κ3) is 11.4. The molecule has 0 N–H and O–H groups in total. The van der Waals surface area contributed by atoms with E-state index >= 15 is 35.1 Å². The molecule has 0 spiro atoms. The van der Waals surface area contributed by atoms with Crippen LogP contribution in [0.3, 0.4) is 0 Å². The quantitative estimate of drug-likeness (QED) is 0.0898. The van der Waals surface area contributed by atoms with Crippen molar-refractivity contribution in [1.82, 2.24) is 0 Å². The molecule has 33 heteroatoms. The van der Waals surface area contributed by atoms with Crippen molar-refractivity contribution in [3.05, 3.63) is 0 Å². The van der Waals surface area contributed by atoms with Gasteiger partial charge in [-0.25, -0.2) is 0 Å². The molecular weight excluding hydrogens is 1080 g/mol. The molecule has 0 bridgehead atoms. The Hall–Kier alpha value is -0.483. The van der Waals surface area contributed by atoms with Gasteiger partial charge in [0.2, 0.25) is 0 Å². The van der Waals surface area contributed by atoms with Crippen LogP contribution in [-0.4, -0.2) is 116 Å². The standard InChI is InChI=1S/4C4H2F7.2C3H7O.O.2Sn/c4*5-2(6)3(7,8)1-4(9,10)11;2*1-2-3-4;;;/h4*1H2;2*2-3H2,1H3;;;/q;;;;2*-1;;2*+1. The fourth-order valence-electron chi connectivity index (χ4n) is 4.18. The first-order valence-electron chi connectivity index (χ1n) is 13.9. The number of rotatable bonds is 20. The van der Waals surface area contributed by atoms with Crippen molar-refractivity contribution in [2.45, 2.75) is 117 Å². The van der Waals surface area contributed by atoms with Crippen LogP contribution in [0.25, 0.3) is 0 Å². The third-order valence-corrected chi connectivity index (χ3v) is 36.2. The minimum atomic E-state index is -12.1. The van der Waals surface area contributed by atoms with Crippen LogP contribution in [0.4, 0.5) is 123 Å². The summed E-state index contributed by atoms with van der Waals surface area (Å²) in [5.41, 5.74) is 0. The van der Waals surface area contributed by atoms with Crippen LogP contribution in [0.2, 0.25) is 0 Å². The van der Waals surface area contributed by atoms with Crippen LogP contribution in [0.15, 0.2) is 0 Å². The summed E-state index contributed by atoms with van der Waals surface area (Å²) in [6, 6.07) is 0. The first-order chi connectivity index (χ1) is 23.7. The van der Waals surface area contributed by atoms with Gasteiger partial charge in [-0.3, -0.25) is 0 Å². The molecule has 3 nitrogen and oxygen atoms in total. The summed E-state index contributed by atoms with van der Waals surface area (Å²) < 4.78 is 377. The molecule has 0 aromatic carbocycles. The second kappa shape index (κ2) is 16.5. The molecule has 0 atom stereocenters. The molecule has 55 heavy (non-hydrogen) atoms. The van der Waals surface area contributed by atoms with E-state index in [2.05, 4.69) is 7.56 Å². The van der Waals surface area contributed by atoms with Gasteiger partial charge < -0.3 is 0 Å². The van der Waals surface area contributed by atoms with Gasteiger partial charge in [-0.1, -0.05) is 0 Å². The first kappa shape index (κ1) is 54.5. The molecule has 0 saturated carbocycles. The average molecular weight is 1100 g/mol. The zero-order chi connectivity index (χ0) is 44.8. The third-order valence-electron chi connectivity index (χ3n) is 6.49. The minimum absolute atomic E-state index is 0.289. The molecule has 0 aliphatic heterocycles. The maximum atomic E-state index is 15.8. The van der Waals surface area contributed by atoms with Crippen LogP contribution < -0.4 is 0 Å². The number of hydrogen-bond acceptors (Lipinski definition) is 3. The van der Waals surface area contributed by atoms with Crippen molar-refractivity contribution in [2.24, 2.45) is 0 Å². The fraction of sp³-hybridized carbons (Fsp3) is 1.00. The zero-order valence-corrected chi connectivity index (χ0v) is 32.2. The molecule has 0 aromatic rings. The summed E-state index contributed by atoms with van der Waals surface area (Å²) in [5, 5.41) is 0. The SMILES string of the molecule is CCC[O][Sn]([O][Sn]([O]CCC)([C](F)(F)C(F)(F)CC(F)(F)F)[C](F)(F)C(F)(F)CC(F)(F)F)([C](F)(F)C(F)(F)CC(F)(F)F)[C](F)(F)C(F)(F)CC(F)(F)F. The Labute approximate surface area is 298 Å². The van der Waals surface area contributed by atoms with Gasteiger partial charge >= 0.3 is 299 Å². The Morgan fingerprint density at radius 2 is 0.473 bits per heavy atom. The van der Waals surface area contributed by atoms with E-state index in [1.165, 1.54) is 0 Å². The summed E-state index contributed by atoms with van der Waals surface area (Å²) in [7, 11) is 0. The second-order valence-electron chi connectivity index (χ2n) is 11.3. The van der Waals surface area contributed by atoms with Gasteiger partial charge in [0.25, 0.3) is 0 Å². The van der Waals surface area contributed by atoms with Gasteiger partial charge in [0.05, 0.1) is 0 Å². The van der Waals surface area contributed by atoms with Crippen molar-refractivity contribution in [1.29, 1.82) is 0 Å². The van der Waals surface area contributed by atoms with Crippen molar-refractivity contribution in [3.63, 3.8) is 0 Å². The van der Waals surface area contributed by atoms with Crippen molar-refractivity contribution < 1.29 is 130 Å². The second-order valence-corrected chi connectivity index (χ2v) is 31.7. The average Bonchev–Trinajstić information content (AvgIpc) is 2.86. The molecular formula is C22H22F28O3Sn2. The molecule has 0 aromatic heterocycles. The van der Waals surface area contributed by atoms with Gasteiger partial charge in [-0.05, 0) is 0 Å². The van der Waals surface area contributed by atoms with Gasteiger partial charge in [0, 0.05) is 0 Å². The van der Waals surface area contributed by atoms with Crippen LogP contribution in [0.5, 0.6) is 0 Å². The Balaban J connectivity index is 9.56. The Bertz CT molecular complexity index is 1080. The van der Waals surface area contributed by atoms with Crippen LogP contribution >= 0.6 is 0 Å². The van der Waals surface area contributed by atoms with E-state index in [1.807, 2.05) is 0 Å². The molecule has 0 heterocycles. The summed E-state index contributed by atoms with van der Waals surface area (Å²) in [4.78, 5) is 0. The van der Waals surface area contributed by atoms with Gasteiger partial charge in [-0.2, -0.15) is 0 Å². The molecule has 0 aliphatic carbocycles. The van der Waals surface area contributed by atoms with Crippen molar-refractivity contribution >= 4 is 38.4 Å². The molecule has 0 amide bonds. The topological polar surface area (TPSA) is 27.7 Å². The van der Waals surface area contributed by atoms with E-state index in [0.29, 0.717) is 0 Å². The summed E-state index contributed by atoms with van der Waals surface area (Å²) in [5.74, 6) is -31.4.